The molecule has 76 valence electrons. The first kappa shape index (κ1) is 10.4. The second-order valence-electron chi connectivity index (χ2n) is 3.19. The Hall–Kier alpha value is -1.17. The molecule has 0 bridgehead atoms. The van der Waals surface area contributed by atoms with Crippen LogP contribution in [0.2, 0.25) is 0 Å². The van der Waals surface area contributed by atoms with E-state index in [2.05, 4.69) is 33.8 Å². The molecule has 2 rings (SSSR count). The molecule has 0 aliphatic rings. The number of aromatic nitrogens is 2. The Morgan fingerprint density at radius 3 is 2.93 bits per heavy atom. The highest BCUT2D eigenvalue weighted by Crippen LogP contribution is 2.09. The van der Waals surface area contributed by atoms with Crippen molar-refractivity contribution in [2.75, 3.05) is 0 Å². The van der Waals surface area contributed by atoms with Gasteiger partial charge >= 0.3 is 0 Å². The summed E-state index contributed by atoms with van der Waals surface area (Å²) in [6.45, 7) is 0.699. The molecule has 0 aliphatic carbocycles. The number of halogens is 1. The minimum atomic E-state index is 0.473. The summed E-state index contributed by atoms with van der Waals surface area (Å²) in [5, 5.41) is 4.10. The van der Waals surface area contributed by atoms with Crippen LogP contribution < -0.4 is 0 Å². The fourth-order valence-corrected chi connectivity index (χ4v) is 1.96. The van der Waals surface area contributed by atoms with Gasteiger partial charge in [-0.3, -0.25) is 9.48 Å². The smallest absolute Gasteiger partial charge is 0.170 e. The summed E-state index contributed by atoms with van der Waals surface area (Å²) < 4.78 is 2.96. The minimum Gasteiger partial charge on any atom is -0.296 e. The molecular formula is C11H9IN2O. The molecule has 0 saturated heterocycles. The van der Waals surface area contributed by atoms with E-state index < -0.39 is 0 Å². The van der Waals surface area contributed by atoms with E-state index in [1.165, 1.54) is 9.13 Å². The van der Waals surface area contributed by atoms with Crippen LogP contribution in [0.25, 0.3) is 0 Å². The van der Waals surface area contributed by atoms with Gasteiger partial charge in [0.25, 0.3) is 0 Å². The van der Waals surface area contributed by atoms with E-state index in [1.807, 2.05) is 24.4 Å². The lowest BCUT2D eigenvalue weighted by molar-refractivity contribution is 0.111. The Labute approximate surface area is 101 Å². The van der Waals surface area contributed by atoms with Crippen LogP contribution in [0.3, 0.4) is 0 Å². The van der Waals surface area contributed by atoms with Gasteiger partial charge in [-0.15, -0.1) is 0 Å². The van der Waals surface area contributed by atoms with Crippen molar-refractivity contribution in [3.05, 3.63) is 51.4 Å². The molecule has 15 heavy (non-hydrogen) atoms. The van der Waals surface area contributed by atoms with Crippen LogP contribution >= 0.6 is 22.6 Å². The van der Waals surface area contributed by atoms with E-state index in [-0.39, 0.29) is 0 Å². The molecule has 0 atom stereocenters. The molecule has 0 N–H and O–H groups in total. The molecule has 0 spiro atoms. The van der Waals surface area contributed by atoms with E-state index >= 15 is 0 Å². The first-order valence-electron chi connectivity index (χ1n) is 4.51. The monoisotopic (exact) mass is 312 g/mol. The molecular weight excluding hydrogens is 303 g/mol. The Balaban J connectivity index is 2.18. The Morgan fingerprint density at radius 1 is 1.40 bits per heavy atom. The summed E-state index contributed by atoms with van der Waals surface area (Å²) in [5.41, 5.74) is 1.66. The van der Waals surface area contributed by atoms with Gasteiger partial charge in [0.05, 0.1) is 6.54 Å². The average Bonchev–Trinajstić information content (AvgIpc) is 2.65. The minimum absolute atomic E-state index is 0.473. The van der Waals surface area contributed by atoms with Gasteiger partial charge in [-0.2, -0.15) is 5.10 Å². The summed E-state index contributed by atoms with van der Waals surface area (Å²) in [4.78, 5) is 10.4. The summed E-state index contributed by atoms with van der Waals surface area (Å²) in [5.74, 6) is 0. The van der Waals surface area contributed by atoms with E-state index in [1.54, 1.807) is 10.7 Å². The molecule has 1 aromatic carbocycles. The van der Waals surface area contributed by atoms with E-state index in [9.17, 15) is 4.79 Å². The van der Waals surface area contributed by atoms with Crippen LogP contribution in [0.15, 0.2) is 36.5 Å². The van der Waals surface area contributed by atoms with E-state index in [4.69, 9.17) is 0 Å². The third-order valence-corrected chi connectivity index (χ3v) is 2.69. The third-order valence-electron chi connectivity index (χ3n) is 2.02. The van der Waals surface area contributed by atoms with Crippen molar-refractivity contribution in [2.45, 2.75) is 6.54 Å². The van der Waals surface area contributed by atoms with Crippen LogP contribution in [0.1, 0.15) is 16.1 Å². The summed E-state index contributed by atoms with van der Waals surface area (Å²) in [6.07, 6.45) is 2.56. The first-order chi connectivity index (χ1) is 7.28. The van der Waals surface area contributed by atoms with Crippen molar-refractivity contribution in [3.8, 4) is 0 Å². The number of benzene rings is 1. The molecule has 2 aromatic rings. The maximum absolute atomic E-state index is 10.4. The maximum atomic E-state index is 10.4. The number of hydrogen-bond acceptors (Lipinski definition) is 2. The van der Waals surface area contributed by atoms with Crippen molar-refractivity contribution in [3.63, 3.8) is 0 Å². The predicted octanol–water partition coefficient (Wildman–Crippen LogP) is 2.35. The quantitative estimate of drug-likeness (QED) is 0.644. The highest BCUT2D eigenvalue weighted by molar-refractivity contribution is 14.1. The normalized spacial score (nSPS) is 10.2. The van der Waals surface area contributed by atoms with Crippen LogP contribution in [0, 0.1) is 3.57 Å². The zero-order valence-corrected chi connectivity index (χ0v) is 10.1. The number of nitrogens with zero attached hydrogens (tertiary/aromatic N) is 2. The predicted molar refractivity (Wildman–Crippen MR) is 65.9 cm³/mol. The lowest BCUT2D eigenvalue weighted by atomic mass is 10.2. The SMILES string of the molecule is O=Cc1ccn(Cc2cccc(I)c2)n1. The fourth-order valence-electron chi connectivity index (χ4n) is 1.35. The Kier molecular flexibility index (Phi) is 3.15. The largest absolute Gasteiger partial charge is 0.296 e. The molecule has 3 nitrogen and oxygen atoms in total. The molecule has 1 heterocycles. The Morgan fingerprint density at radius 2 is 2.27 bits per heavy atom. The zero-order valence-electron chi connectivity index (χ0n) is 7.93. The van der Waals surface area contributed by atoms with Gasteiger partial charge in [0.1, 0.15) is 5.69 Å². The summed E-state index contributed by atoms with van der Waals surface area (Å²) in [6, 6.07) is 9.92. The molecule has 0 fully saturated rings. The van der Waals surface area contributed by atoms with Crippen LogP contribution in [0.4, 0.5) is 0 Å². The molecule has 0 aliphatic heterocycles. The molecule has 0 radical (unpaired) electrons. The van der Waals surface area contributed by atoms with E-state index in [0.717, 1.165) is 6.29 Å². The number of hydrogen-bond donors (Lipinski definition) is 0. The van der Waals surface area contributed by atoms with Crippen molar-refractivity contribution < 1.29 is 4.79 Å². The van der Waals surface area contributed by atoms with Crippen LogP contribution in [-0.2, 0) is 6.54 Å². The van der Waals surface area contributed by atoms with Gasteiger partial charge in [0.2, 0.25) is 0 Å². The molecule has 1 aromatic heterocycles. The van der Waals surface area contributed by atoms with Crippen molar-refractivity contribution >= 4 is 28.9 Å². The van der Waals surface area contributed by atoms with Gasteiger partial charge < -0.3 is 0 Å². The molecule has 0 unspecified atom stereocenters. The van der Waals surface area contributed by atoms with Crippen molar-refractivity contribution in [1.29, 1.82) is 0 Å². The van der Waals surface area contributed by atoms with Crippen LogP contribution in [0.5, 0.6) is 0 Å². The summed E-state index contributed by atoms with van der Waals surface area (Å²) >= 11 is 2.27. The lowest BCUT2D eigenvalue weighted by Gasteiger charge is -2.01. The highest BCUT2D eigenvalue weighted by Gasteiger charge is 1.98. The summed E-state index contributed by atoms with van der Waals surface area (Å²) in [7, 11) is 0. The fraction of sp³-hybridized carbons (Fsp3) is 0.0909. The lowest BCUT2D eigenvalue weighted by Crippen LogP contribution is -2.01. The van der Waals surface area contributed by atoms with Crippen molar-refractivity contribution in [2.24, 2.45) is 0 Å². The highest BCUT2D eigenvalue weighted by atomic mass is 127. The number of carbonyl (C=O) groups is 1. The second kappa shape index (κ2) is 4.57. The van der Waals surface area contributed by atoms with Gasteiger partial charge in [0, 0.05) is 9.77 Å². The third kappa shape index (κ3) is 2.65. The second-order valence-corrected chi connectivity index (χ2v) is 4.43. The molecule has 4 heteroatoms. The van der Waals surface area contributed by atoms with Crippen LogP contribution in [-0.4, -0.2) is 16.1 Å². The first-order valence-corrected chi connectivity index (χ1v) is 5.59. The van der Waals surface area contributed by atoms with E-state index in [0.29, 0.717) is 12.2 Å². The average molecular weight is 312 g/mol. The Bertz CT molecular complexity index is 479. The van der Waals surface area contributed by atoms with Crippen molar-refractivity contribution in [1.82, 2.24) is 9.78 Å². The molecule has 0 saturated carbocycles. The van der Waals surface area contributed by atoms with Gasteiger partial charge in [0.15, 0.2) is 6.29 Å². The standard InChI is InChI=1S/C11H9IN2O/c12-10-3-1-2-9(6-10)7-14-5-4-11(8-15)13-14/h1-6,8H,7H2. The van der Waals surface area contributed by atoms with Gasteiger partial charge in [-0.25, -0.2) is 0 Å². The number of aldehydes is 1. The molecule has 0 amide bonds. The van der Waals surface area contributed by atoms with Gasteiger partial charge in [-0.1, -0.05) is 12.1 Å². The zero-order chi connectivity index (χ0) is 10.7. The maximum Gasteiger partial charge on any atom is 0.170 e. The number of carbonyl (C=O) groups excluding carboxylic acids is 1. The number of rotatable bonds is 3. The topological polar surface area (TPSA) is 34.9 Å². The van der Waals surface area contributed by atoms with Gasteiger partial charge in [-0.05, 0) is 46.4 Å².